The van der Waals surface area contributed by atoms with Crippen molar-refractivity contribution in [2.45, 2.75) is 45.8 Å². The van der Waals surface area contributed by atoms with Crippen molar-refractivity contribution in [1.29, 1.82) is 0 Å². The molecule has 1 aliphatic rings. The van der Waals surface area contributed by atoms with Crippen LogP contribution in [0.3, 0.4) is 0 Å². The maximum absolute atomic E-state index is 13.2. The molecule has 3 rings (SSSR count). The standard InChI is InChI=1S/C21H26FN3O2S/c1-3-23-21(27)25(18-8-9-18)14-20(26)24(13-19-15(2)10-11-28-19)12-16-4-6-17(22)7-5-16/h4-7,10-11,18H,3,8-9,12-14H2,1-2H3,(H,23,27). The van der Waals surface area contributed by atoms with Gasteiger partial charge in [-0.2, -0.15) is 0 Å². The highest BCUT2D eigenvalue weighted by Gasteiger charge is 2.34. The number of nitrogens with zero attached hydrogens (tertiary/aromatic N) is 2. The van der Waals surface area contributed by atoms with Gasteiger partial charge in [-0.15, -0.1) is 11.3 Å². The molecule has 28 heavy (non-hydrogen) atoms. The zero-order chi connectivity index (χ0) is 20.1. The smallest absolute Gasteiger partial charge is 0.318 e. The minimum Gasteiger partial charge on any atom is -0.338 e. The first-order valence-corrected chi connectivity index (χ1v) is 10.5. The van der Waals surface area contributed by atoms with Crippen molar-refractivity contribution in [3.05, 3.63) is 57.5 Å². The summed E-state index contributed by atoms with van der Waals surface area (Å²) >= 11 is 1.61. The summed E-state index contributed by atoms with van der Waals surface area (Å²) in [5.41, 5.74) is 2.00. The summed E-state index contributed by atoms with van der Waals surface area (Å²) in [6.45, 7) is 5.34. The number of hydrogen-bond donors (Lipinski definition) is 1. The van der Waals surface area contributed by atoms with Gasteiger partial charge in [-0.25, -0.2) is 9.18 Å². The lowest BCUT2D eigenvalue weighted by atomic mass is 10.2. The van der Waals surface area contributed by atoms with Crippen LogP contribution in [0.2, 0.25) is 0 Å². The molecule has 0 radical (unpaired) electrons. The number of halogens is 1. The van der Waals surface area contributed by atoms with Crippen LogP contribution in [0.5, 0.6) is 0 Å². The Labute approximate surface area is 169 Å². The molecular formula is C21H26FN3O2S. The molecule has 1 fully saturated rings. The molecule has 1 aromatic carbocycles. The fraction of sp³-hybridized carbons (Fsp3) is 0.429. The van der Waals surface area contributed by atoms with E-state index in [0.717, 1.165) is 28.8 Å². The fourth-order valence-corrected chi connectivity index (χ4v) is 3.95. The molecule has 7 heteroatoms. The minimum absolute atomic E-state index is 0.0577. The summed E-state index contributed by atoms with van der Waals surface area (Å²) < 4.78 is 13.2. The van der Waals surface area contributed by atoms with E-state index in [1.807, 2.05) is 25.3 Å². The quantitative estimate of drug-likeness (QED) is 0.726. The lowest BCUT2D eigenvalue weighted by molar-refractivity contribution is -0.133. The van der Waals surface area contributed by atoms with Crippen LogP contribution < -0.4 is 5.32 Å². The maximum Gasteiger partial charge on any atom is 0.318 e. The van der Waals surface area contributed by atoms with Gasteiger partial charge in [-0.3, -0.25) is 4.79 Å². The summed E-state index contributed by atoms with van der Waals surface area (Å²) in [5.74, 6) is -0.401. The van der Waals surface area contributed by atoms with Gasteiger partial charge < -0.3 is 15.1 Å². The summed E-state index contributed by atoms with van der Waals surface area (Å²) in [6, 6.07) is 8.18. The van der Waals surface area contributed by atoms with Crippen molar-refractivity contribution in [1.82, 2.24) is 15.1 Å². The monoisotopic (exact) mass is 403 g/mol. The van der Waals surface area contributed by atoms with Crippen LogP contribution in [0.4, 0.5) is 9.18 Å². The van der Waals surface area contributed by atoms with Crippen molar-refractivity contribution in [3.63, 3.8) is 0 Å². The zero-order valence-corrected chi connectivity index (χ0v) is 17.1. The van der Waals surface area contributed by atoms with E-state index in [-0.39, 0.29) is 30.3 Å². The Kier molecular flexibility index (Phi) is 6.67. The fourth-order valence-electron chi connectivity index (χ4n) is 3.03. The number of amides is 3. The molecule has 1 aromatic heterocycles. The molecule has 150 valence electrons. The average Bonchev–Trinajstić information content (AvgIpc) is 3.43. The number of rotatable bonds is 8. The number of carbonyl (C=O) groups excluding carboxylic acids is 2. The number of nitrogens with one attached hydrogen (secondary N) is 1. The minimum atomic E-state index is -0.299. The Morgan fingerprint density at radius 1 is 1.18 bits per heavy atom. The maximum atomic E-state index is 13.2. The second-order valence-corrected chi connectivity index (χ2v) is 8.10. The Hall–Kier alpha value is -2.41. The third kappa shape index (κ3) is 5.32. The normalized spacial score (nSPS) is 13.2. The zero-order valence-electron chi connectivity index (χ0n) is 16.3. The van der Waals surface area contributed by atoms with E-state index in [2.05, 4.69) is 5.32 Å². The second kappa shape index (κ2) is 9.19. The van der Waals surface area contributed by atoms with Crippen LogP contribution in [-0.4, -0.2) is 40.9 Å². The third-order valence-corrected chi connectivity index (χ3v) is 5.83. The van der Waals surface area contributed by atoms with Crippen LogP contribution in [0.1, 0.15) is 35.8 Å². The van der Waals surface area contributed by atoms with Crippen molar-refractivity contribution in [2.24, 2.45) is 0 Å². The molecule has 1 heterocycles. The Bertz CT molecular complexity index is 817. The second-order valence-electron chi connectivity index (χ2n) is 7.10. The predicted octanol–water partition coefficient (Wildman–Crippen LogP) is 3.92. The van der Waals surface area contributed by atoms with Gasteiger partial charge in [-0.05, 0) is 61.4 Å². The molecular weight excluding hydrogens is 377 g/mol. The summed E-state index contributed by atoms with van der Waals surface area (Å²) in [6.07, 6.45) is 1.87. The summed E-state index contributed by atoms with van der Waals surface area (Å²) in [7, 11) is 0. The molecule has 0 spiro atoms. The number of hydrogen-bond acceptors (Lipinski definition) is 3. The van der Waals surface area contributed by atoms with E-state index in [0.29, 0.717) is 19.6 Å². The molecule has 0 bridgehead atoms. The van der Waals surface area contributed by atoms with Gasteiger partial charge in [-0.1, -0.05) is 12.1 Å². The molecule has 5 nitrogen and oxygen atoms in total. The highest BCUT2D eigenvalue weighted by atomic mass is 32.1. The van der Waals surface area contributed by atoms with Gasteiger partial charge in [0.1, 0.15) is 12.4 Å². The van der Waals surface area contributed by atoms with Crippen molar-refractivity contribution in [3.8, 4) is 0 Å². The largest absolute Gasteiger partial charge is 0.338 e. The molecule has 0 atom stereocenters. The number of carbonyl (C=O) groups is 2. The molecule has 3 amide bonds. The van der Waals surface area contributed by atoms with E-state index in [4.69, 9.17) is 0 Å². The topological polar surface area (TPSA) is 52.7 Å². The van der Waals surface area contributed by atoms with Gasteiger partial charge in [0.05, 0.1) is 6.54 Å². The van der Waals surface area contributed by atoms with E-state index in [9.17, 15) is 14.0 Å². The molecule has 1 aliphatic carbocycles. The Morgan fingerprint density at radius 3 is 2.46 bits per heavy atom. The SMILES string of the molecule is CCNC(=O)N(CC(=O)N(Cc1ccc(F)cc1)Cc1sccc1C)C1CC1. The number of benzene rings is 1. The highest BCUT2D eigenvalue weighted by Crippen LogP contribution is 2.27. The molecule has 2 aromatic rings. The number of thiophene rings is 1. The van der Waals surface area contributed by atoms with Crippen LogP contribution in [0.25, 0.3) is 0 Å². The first-order valence-electron chi connectivity index (χ1n) is 9.57. The lowest BCUT2D eigenvalue weighted by Crippen LogP contribution is -2.47. The number of aryl methyl sites for hydroxylation is 1. The van der Waals surface area contributed by atoms with Crippen LogP contribution in [0, 0.1) is 12.7 Å². The first kappa shape index (κ1) is 20.3. The Balaban J connectivity index is 1.76. The summed E-state index contributed by atoms with van der Waals surface area (Å²) in [5, 5.41) is 4.81. The van der Waals surface area contributed by atoms with Gasteiger partial charge in [0.25, 0.3) is 0 Å². The summed E-state index contributed by atoms with van der Waals surface area (Å²) in [4.78, 5) is 30.0. The van der Waals surface area contributed by atoms with Gasteiger partial charge in [0, 0.05) is 24.0 Å². The number of urea groups is 1. The van der Waals surface area contributed by atoms with E-state index in [1.165, 1.54) is 12.1 Å². The van der Waals surface area contributed by atoms with Crippen molar-refractivity contribution >= 4 is 23.3 Å². The molecule has 0 unspecified atom stereocenters. The molecule has 0 aliphatic heterocycles. The van der Waals surface area contributed by atoms with Crippen molar-refractivity contribution < 1.29 is 14.0 Å². The lowest BCUT2D eigenvalue weighted by Gasteiger charge is -2.28. The van der Waals surface area contributed by atoms with Gasteiger partial charge in [0.2, 0.25) is 5.91 Å². The Morgan fingerprint density at radius 2 is 1.89 bits per heavy atom. The highest BCUT2D eigenvalue weighted by molar-refractivity contribution is 7.10. The first-order chi connectivity index (χ1) is 13.5. The predicted molar refractivity (Wildman–Crippen MR) is 109 cm³/mol. The van der Waals surface area contributed by atoms with E-state index < -0.39 is 0 Å². The van der Waals surface area contributed by atoms with Crippen LogP contribution >= 0.6 is 11.3 Å². The molecule has 1 saturated carbocycles. The van der Waals surface area contributed by atoms with E-state index >= 15 is 0 Å². The van der Waals surface area contributed by atoms with Crippen molar-refractivity contribution in [2.75, 3.05) is 13.1 Å². The average molecular weight is 404 g/mol. The van der Waals surface area contributed by atoms with Gasteiger partial charge in [0.15, 0.2) is 0 Å². The van der Waals surface area contributed by atoms with Gasteiger partial charge >= 0.3 is 6.03 Å². The van der Waals surface area contributed by atoms with E-state index in [1.54, 1.807) is 33.3 Å². The third-order valence-electron chi connectivity index (χ3n) is 4.82. The molecule has 1 N–H and O–H groups in total. The molecule has 0 saturated heterocycles. The van der Waals surface area contributed by atoms with Crippen LogP contribution in [-0.2, 0) is 17.9 Å². The van der Waals surface area contributed by atoms with Crippen LogP contribution in [0.15, 0.2) is 35.7 Å².